The Kier molecular flexibility index (Phi) is 12.6. The number of nitrogens with zero attached hydrogens (tertiary/aromatic N) is 1. The van der Waals surface area contributed by atoms with E-state index < -0.39 is 60.2 Å². The molecular weight excluding hydrogens is 470 g/mol. The van der Waals surface area contributed by atoms with Gasteiger partial charge in [0.25, 0.3) is 0 Å². The van der Waals surface area contributed by atoms with Crippen molar-refractivity contribution in [2.75, 3.05) is 12.3 Å². The molecule has 0 spiro atoms. The fourth-order valence-electron chi connectivity index (χ4n) is 2.87. The number of nitrogens with one attached hydrogen (secondary N) is 4. The number of nitrogens with two attached hydrogens (primary N) is 2. The Morgan fingerprint density at radius 2 is 1.62 bits per heavy atom. The van der Waals surface area contributed by atoms with E-state index in [9.17, 15) is 29.1 Å². The molecule has 1 heterocycles. The molecule has 0 saturated carbocycles. The van der Waals surface area contributed by atoms with Gasteiger partial charge in [0, 0.05) is 24.1 Å². The van der Waals surface area contributed by atoms with Gasteiger partial charge in [0.2, 0.25) is 17.7 Å². The number of hydrogen-bond acceptors (Lipinski definition) is 9. The van der Waals surface area contributed by atoms with E-state index in [-0.39, 0.29) is 18.6 Å². The number of thiol groups is 1. The number of aromatic amines is 1. The predicted octanol–water partition coefficient (Wildman–Crippen LogP) is -2.65. The van der Waals surface area contributed by atoms with Gasteiger partial charge in [-0.1, -0.05) is 0 Å². The summed E-state index contributed by atoms with van der Waals surface area (Å²) in [5.41, 5.74) is 11.4. The zero-order valence-electron chi connectivity index (χ0n) is 18.4. The number of amides is 3. The van der Waals surface area contributed by atoms with Gasteiger partial charge in [-0.3, -0.25) is 19.2 Å². The van der Waals surface area contributed by atoms with Crippen LogP contribution in [-0.4, -0.2) is 86.3 Å². The molecular formula is C19H31N7O7S. The van der Waals surface area contributed by atoms with Gasteiger partial charge in [0.1, 0.15) is 18.1 Å². The molecule has 1 aromatic rings. The number of carboxylic acid groups (broad SMARTS) is 2. The average molecular weight is 502 g/mol. The summed E-state index contributed by atoms with van der Waals surface area (Å²) in [5, 5.41) is 25.3. The Bertz CT molecular complexity index is 837. The van der Waals surface area contributed by atoms with Crippen LogP contribution >= 0.6 is 12.6 Å². The fourth-order valence-corrected chi connectivity index (χ4v) is 3.13. The molecule has 10 N–H and O–H groups in total. The highest BCUT2D eigenvalue weighted by Crippen LogP contribution is 2.04. The first kappa shape index (κ1) is 28.9. The van der Waals surface area contributed by atoms with E-state index in [1.807, 2.05) is 0 Å². The van der Waals surface area contributed by atoms with Crippen LogP contribution in [0, 0.1) is 0 Å². The molecule has 3 amide bonds. The van der Waals surface area contributed by atoms with Crippen molar-refractivity contribution in [1.82, 2.24) is 25.9 Å². The molecule has 4 atom stereocenters. The Hall–Kier alpha value is -3.17. The normalized spacial score (nSPS) is 14.3. The number of carbonyl (C=O) groups excluding carboxylic acids is 3. The highest BCUT2D eigenvalue weighted by atomic mass is 32.1. The monoisotopic (exact) mass is 501 g/mol. The van der Waals surface area contributed by atoms with Gasteiger partial charge in [0.05, 0.1) is 18.8 Å². The topological polar surface area (TPSA) is 243 Å². The van der Waals surface area contributed by atoms with Crippen molar-refractivity contribution in [3.05, 3.63) is 18.2 Å². The lowest BCUT2D eigenvalue weighted by molar-refractivity contribution is -0.142. The number of aromatic nitrogens is 2. The summed E-state index contributed by atoms with van der Waals surface area (Å²) < 4.78 is 0. The van der Waals surface area contributed by atoms with Gasteiger partial charge >= 0.3 is 11.9 Å². The van der Waals surface area contributed by atoms with E-state index in [1.54, 1.807) is 0 Å². The average Bonchev–Trinajstić information content (AvgIpc) is 3.28. The maximum absolute atomic E-state index is 12.9. The molecule has 34 heavy (non-hydrogen) atoms. The van der Waals surface area contributed by atoms with E-state index >= 15 is 0 Å². The summed E-state index contributed by atoms with van der Waals surface area (Å²) in [6.45, 7) is 0.384. The summed E-state index contributed by atoms with van der Waals surface area (Å²) in [6, 6.07) is -5.01. The Balaban J connectivity index is 2.89. The number of rotatable bonds is 16. The highest BCUT2D eigenvalue weighted by Gasteiger charge is 2.30. The van der Waals surface area contributed by atoms with Crippen molar-refractivity contribution in [2.24, 2.45) is 11.5 Å². The molecule has 0 bridgehead atoms. The third-order valence-electron chi connectivity index (χ3n) is 4.72. The number of aliphatic carboxylic acids is 2. The van der Waals surface area contributed by atoms with Gasteiger partial charge in [-0.25, -0.2) is 9.78 Å². The molecule has 0 saturated heterocycles. The standard InChI is InChI=1S/C19H31N7O7S/c20-4-2-1-3-12(19(32)33)24-18(31)14(8-34)26-17(30)13(5-10-7-22-9-23-10)25-16(29)11(21)6-15(27)28/h7,9,11-14,34H,1-6,8,20-21H2,(H,22,23)(H,24,31)(H,25,29)(H,26,30)(H,27,28)(H,32,33). The second-order valence-electron chi connectivity index (χ2n) is 7.47. The molecule has 0 aromatic carbocycles. The lowest BCUT2D eigenvalue weighted by Crippen LogP contribution is -2.58. The molecule has 15 heteroatoms. The molecule has 1 aromatic heterocycles. The van der Waals surface area contributed by atoms with Crippen LogP contribution in [0.25, 0.3) is 0 Å². The van der Waals surface area contributed by atoms with Crippen LogP contribution in [-0.2, 0) is 30.4 Å². The zero-order valence-corrected chi connectivity index (χ0v) is 19.3. The summed E-state index contributed by atoms with van der Waals surface area (Å²) in [5.74, 6) is -5.10. The van der Waals surface area contributed by atoms with Crippen LogP contribution in [0.4, 0.5) is 0 Å². The van der Waals surface area contributed by atoms with E-state index in [0.717, 1.165) is 0 Å². The van der Waals surface area contributed by atoms with Gasteiger partial charge in [-0.2, -0.15) is 12.6 Å². The molecule has 0 radical (unpaired) electrons. The first-order valence-electron chi connectivity index (χ1n) is 10.5. The highest BCUT2D eigenvalue weighted by molar-refractivity contribution is 7.80. The molecule has 190 valence electrons. The predicted molar refractivity (Wildman–Crippen MR) is 123 cm³/mol. The lowest BCUT2D eigenvalue weighted by atomic mass is 10.1. The third-order valence-corrected chi connectivity index (χ3v) is 5.09. The van der Waals surface area contributed by atoms with E-state index in [4.69, 9.17) is 16.6 Å². The van der Waals surface area contributed by atoms with Crippen LogP contribution < -0.4 is 27.4 Å². The number of carboxylic acids is 2. The number of unbranched alkanes of at least 4 members (excludes halogenated alkanes) is 1. The summed E-state index contributed by atoms with van der Waals surface area (Å²) in [7, 11) is 0. The summed E-state index contributed by atoms with van der Waals surface area (Å²) in [4.78, 5) is 66.6. The van der Waals surface area contributed by atoms with Gasteiger partial charge in [0.15, 0.2) is 0 Å². The van der Waals surface area contributed by atoms with Crippen LogP contribution in [0.15, 0.2) is 12.5 Å². The molecule has 4 unspecified atom stereocenters. The Morgan fingerprint density at radius 1 is 1.00 bits per heavy atom. The van der Waals surface area contributed by atoms with Crippen molar-refractivity contribution in [1.29, 1.82) is 0 Å². The van der Waals surface area contributed by atoms with Crippen LogP contribution in [0.1, 0.15) is 31.4 Å². The fraction of sp³-hybridized carbons (Fsp3) is 0.579. The number of H-pyrrole nitrogens is 1. The molecule has 14 nitrogen and oxygen atoms in total. The zero-order chi connectivity index (χ0) is 25.7. The van der Waals surface area contributed by atoms with E-state index in [2.05, 4.69) is 38.5 Å². The smallest absolute Gasteiger partial charge is 0.326 e. The van der Waals surface area contributed by atoms with Crippen molar-refractivity contribution in [3.63, 3.8) is 0 Å². The first-order chi connectivity index (χ1) is 16.1. The third kappa shape index (κ3) is 10.2. The van der Waals surface area contributed by atoms with Crippen LogP contribution in [0.2, 0.25) is 0 Å². The second-order valence-corrected chi connectivity index (χ2v) is 7.84. The summed E-state index contributed by atoms with van der Waals surface area (Å²) >= 11 is 4.06. The Morgan fingerprint density at radius 3 is 2.15 bits per heavy atom. The second kappa shape index (κ2) is 14.9. The van der Waals surface area contributed by atoms with Crippen molar-refractivity contribution >= 4 is 42.3 Å². The number of hydrogen-bond donors (Lipinski definition) is 9. The SMILES string of the molecule is NCCCCC(NC(=O)C(CS)NC(=O)C(Cc1cnc[nH]1)NC(=O)C(N)CC(=O)O)C(=O)O. The minimum atomic E-state index is -1.40. The minimum absolute atomic E-state index is 0.0604. The van der Waals surface area contributed by atoms with Crippen molar-refractivity contribution in [2.45, 2.75) is 56.3 Å². The summed E-state index contributed by atoms with van der Waals surface area (Å²) in [6.07, 6.45) is 3.31. The first-order valence-corrected chi connectivity index (χ1v) is 11.1. The van der Waals surface area contributed by atoms with Gasteiger partial charge < -0.3 is 42.6 Å². The van der Waals surface area contributed by atoms with E-state index in [0.29, 0.717) is 25.1 Å². The van der Waals surface area contributed by atoms with Crippen LogP contribution in [0.3, 0.4) is 0 Å². The largest absolute Gasteiger partial charge is 0.481 e. The maximum Gasteiger partial charge on any atom is 0.326 e. The van der Waals surface area contributed by atoms with E-state index in [1.165, 1.54) is 12.5 Å². The molecule has 0 aliphatic rings. The van der Waals surface area contributed by atoms with Gasteiger partial charge in [-0.15, -0.1) is 0 Å². The maximum atomic E-state index is 12.9. The van der Waals surface area contributed by atoms with Crippen LogP contribution in [0.5, 0.6) is 0 Å². The quantitative estimate of drug-likeness (QED) is 0.0841. The Labute approximate surface area is 201 Å². The molecule has 0 fully saturated rings. The van der Waals surface area contributed by atoms with Gasteiger partial charge in [-0.05, 0) is 25.8 Å². The lowest BCUT2D eigenvalue weighted by Gasteiger charge is -2.24. The minimum Gasteiger partial charge on any atom is -0.481 e. The van der Waals surface area contributed by atoms with Crippen molar-refractivity contribution in [3.8, 4) is 0 Å². The van der Waals surface area contributed by atoms with Crippen molar-refractivity contribution < 1.29 is 34.2 Å². The number of carbonyl (C=O) groups is 5. The number of imidazole rings is 1. The molecule has 0 aliphatic carbocycles. The molecule has 1 rings (SSSR count). The molecule has 0 aliphatic heterocycles.